The fourth-order valence-electron chi connectivity index (χ4n) is 2.83. The number of rotatable bonds is 10. The molecule has 2 rings (SSSR count). The molecule has 2 nitrogen and oxygen atoms in total. The predicted molar refractivity (Wildman–Crippen MR) is 115 cm³/mol. The smallest absolute Gasteiger partial charge is 0.206 e. The standard InChI is InChI=1S/C24H28F2O2S/c1-3-5-7-9-11-19-17-21(13-15-23(19)25)29(27,28)22-14-16-24(26)20(18-22)12-10-8-6-4-2/h9-18H,3-8H2,1-2H3. The average molecular weight is 419 g/mol. The van der Waals surface area contributed by atoms with E-state index in [4.69, 9.17) is 0 Å². The second-order valence-electron chi connectivity index (χ2n) is 6.96. The number of unbranched alkanes of at least 4 members (excludes halogenated alkanes) is 4. The van der Waals surface area contributed by atoms with Gasteiger partial charge in [-0.2, -0.15) is 0 Å². The van der Waals surface area contributed by atoms with E-state index >= 15 is 0 Å². The molecule has 0 aliphatic carbocycles. The molecule has 0 saturated carbocycles. The van der Waals surface area contributed by atoms with Crippen LogP contribution in [0.25, 0.3) is 12.2 Å². The van der Waals surface area contributed by atoms with Gasteiger partial charge in [0.1, 0.15) is 11.6 Å². The highest BCUT2D eigenvalue weighted by Crippen LogP contribution is 2.26. The van der Waals surface area contributed by atoms with Crippen molar-refractivity contribution < 1.29 is 17.2 Å². The van der Waals surface area contributed by atoms with Crippen LogP contribution < -0.4 is 0 Å². The number of benzene rings is 2. The highest BCUT2D eigenvalue weighted by molar-refractivity contribution is 7.91. The van der Waals surface area contributed by atoms with Crippen molar-refractivity contribution in [2.75, 3.05) is 0 Å². The van der Waals surface area contributed by atoms with Crippen LogP contribution in [0.2, 0.25) is 0 Å². The zero-order chi connectivity index (χ0) is 21.3. The van der Waals surface area contributed by atoms with E-state index in [9.17, 15) is 17.2 Å². The first-order valence-electron chi connectivity index (χ1n) is 10.1. The first kappa shape index (κ1) is 23.0. The van der Waals surface area contributed by atoms with Gasteiger partial charge < -0.3 is 0 Å². The minimum absolute atomic E-state index is 0.0124. The molecule has 0 aliphatic rings. The number of hydrogen-bond donors (Lipinski definition) is 0. The lowest BCUT2D eigenvalue weighted by Gasteiger charge is -2.08. The zero-order valence-corrected chi connectivity index (χ0v) is 17.8. The van der Waals surface area contributed by atoms with Crippen molar-refractivity contribution in [2.45, 2.75) is 62.2 Å². The van der Waals surface area contributed by atoms with Gasteiger partial charge in [0.25, 0.3) is 0 Å². The fraction of sp³-hybridized carbons (Fsp3) is 0.333. The third-order valence-electron chi connectivity index (χ3n) is 4.60. The predicted octanol–water partition coefficient (Wildman–Crippen LogP) is 7.20. The molecule has 0 N–H and O–H groups in total. The molecule has 0 unspecified atom stereocenters. The molecule has 0 fully saturated rings. The number of hydrogen-bond acceptors (Lipinski definition) is 2. The summed E-state index contributed by atoms with van der Waals surface area (Å²) < 4.78 is 54.2. The quantitative estimate of drug-likeness (QED) is 0.302. The van der Waals surface area contributed by atoms with E-state index in [1.165, 1.54) is 24.3 Å². The van der Waals surface area contributed by atoms with Gasteiger partial charge in [0.15, 0.2) is 0 Å². The first-order chi connectivity index (χ1) is 13.9. The Morgan fingerprint density at radius 3 is 1.55 bits per heavy atom. The summed E-state index contributed by atoms with van der Waals surface area (Å²) in [5.74, 6) is -0.953. The fourth-order valence-corrected chi connectivity index (χ4v) is 4.16. The van der Waals surface area contributed by atoms with Crippen LogP contribution in [-0.2, 0) is 9.84 Å². The average Bonchev–Trinajstić information content (AvgIpc) is 2.70. The molecular formula is C24H28F2O2S. The van der Waals surface area contributed by atoms with Crippen molar-refractivity contribution in [1.82, 2.24) is 0 Å². The Kier molecular flexibility index (Phi) is 8.77. The maximum atomic E-state index is 14.1. The van der Waals surface area contributed by atoms with Crippen LogP contribution in [0.3, 0.4) is 0 Å². The van der Waals surface area contributed by atoms with Crippen molar-refractivity contribution in [2.24, 2.45) is 0 Å². The van der Waals surface area contributed by atoms with Gasteiger partial charge in [0.2, 0.25) is 9.84 Å². The second-order valence-corrected chi connectivity index (χ2v) is 8.91. The highest BCUT2D eigenvalue weighted by Gasteiger charge is 2.20. The first-order valence-corrected chi connectivity index (χ1v) is 11.6. The molecule has 2 aromatic carbocycles. The summed E-state index contributed by atoms with van der Waals surface area (Å²) in [5, 5.41) is 0. The van der Waals surface area contributed by atoms with Gasteiger partial charge in [-0.3, -0.25) is 0 Å². The third kappa shape index (κ3) is 6.36. The number of allylic oxidation sites excluding steroid dienone is 2. The molecule has 0 aromatic heterocycles. The number of halogens is 2. The van der Waals surface area contributed by atoms with Gasteiger partial charge >= 0.3 is 0 Å². The third-order valence-corrected chi connectivity index (χ3v) is 6.35. The van der Waals surface area contributed by atoms with Crippen LogP contribution >= 0.6 is 0 Å². The normalized spacial score (nSPS) is 12.3. The molecule has 0 bridgehead atoms. The molecule has 0 atom stereocenters. The largest absolute Gasteiger partial charge is 0.219 e. The Balaban J connectivity index is 2.35. The molecule has 0 aliphatic heterocycles. The lowest BCUT2D eigenvalue weighted by atomic mass is 10.1. The molecule has 5 heteroatoms. The second kappa shape index (κ2) is 11.1. The van der Waals surface area contributed by atoms with Crippen LogP contribution in [0, 0.1) is 11.6 Å². The van der Waals surface area contributed by atoms with Crippen molar-refractivity contribution in [1.29, 1.82) is 0 Å². The number of sulfone groups is 1. The lowest BCUT2D eigenvalue weighted by molar-refractivity contribution is 0.593. The molecule has 2 aromatic rings. The lowest BCUT2D eigenvalue weighted by Crippen LogP contribution is -2.04. The molecular weight excluding hydrogens is 390 g/mol. The summed E-state index contributed by atoms with van der Waals surface area (Å²) >= 11 is 0. The van der Waals surface area contributed by atoms with E-state index in [0.29, 0.717) is 0 Å². The SMILES string of the molecule is CCCCC=Cc1cc(S(=O)(=O)c2ccc(F)c(C=CCCCC)c2)ccc1F. The van der Waals surface area contributed by atoms with E-state index in [1.807, 2.05) is 12.2 Å². The minimum atomic E-state index is -3.89. The molecule has 0 heterocycles. The van der Waals surface area contributed by atoms with Crippen molar-refractivity contribution in [3.05, 3.63) is 71.3 Å². The molecule has 0 amide bonds. The molecule has 0 radical (unpaired) electrons. The summed E-state index contributed by atoms with van der Waals surface area (Å²) in [4.78, 5) is -0.0249. The summed E-state index contributed by atoms with van der Waals surface area (Å²) in [6.07, 6.45) is 12.5. The zero-order valence-electron chi connectivity index (χ0n) is 17.0. The van der Waals surface area contributed by atoms with Gasteiger partial charge in [-0.25, -0.2) is 17.2 Å². The van der Waals surface area contributed by atoms with Gasteiger partial charge in [0.05, 0.1) is 9.79 Å². The van der Waals surface area contributed by atoms with Crippen LogP contribution in [0.1, 0.15) is 63.5 Å². The minimum Gasteiger partial charge on any atom is -0.219 e. The van der Waals surface area contributed by atoms with E-state index in [-0.39, 0.29) is 20.9 Å². The summed E-state index contributed by atoms with van der Waals surface area (Å²) in [5.41, 5.74) is 0.452. The molecule has 29 heavy (non-hydrogen) atoms. The van der Waals surface area contributed by atoms with E-state index in [0.717, 1.165) is 50.7 Å². The van der Waals surface area contributed by atoms with Crippen LogP contribution in [0.5, 0.6) is 0 Å². The molecule has 156 valence electrons. The Labute approximate surface area is 172 Å². The molecule has 0 saturated heterocycles. The Morgan fingerprint density at radius 2 is 1.17 bits per heavy atom. The Hall–Kier alpha value is -2.27. The maximum Gasteiger partial charge on any atom is 0.206 e. The van der Waals surface area contributed by atoms with Crippen LogP contribution in [0.4, 0.5) is 8.78 Å². The highest BCUT2D eigenvalue weighted by atomic mass is 32.2. The Morgan fingerprint density at radius 1 is 0.759 bits per heavy atom. The van der Waals surface area contributed by atoms with Gasteiger partial charge in [-0.05, 0) is 49.2 Å². The Bertz CT molecular complexity index is 903. The van der Waals surface area contributed by atoms with Crippen LogP contribution in [0.15, 0.2) is 58.3 Å². The van der Waals surface area contributed by atoms with Gasteiger partial charge in [-0.1, -0.05) is 63.8 Å². The summed E-state index contributed by atoms with van der Waals surface area (Å²) in [6.45, 7) is 4.13. The van der Waals surface area contributed by atoms with E-state index in [2.05, 4.69) is 13.8 Å². The topological polar surface area (TPSA) is 34.1 Å². The van der Waals surface area contributed by atoms with Gasteiger partial charge in [0, 0.05) is 11.1 Å². The summed E-state index contributed by atoms with van der Waals surface area (Å²) in [6, 6.07) is 7.45. The van der Waals surface area contributed by atoms with Crippen molar-refractivity contribution >= 4 is 22.0 Å². The maximum absolute atomic E-state index is 14.1. The van der Waals surface area contributed by atoms with Crippen LogP contribution in [-0.4, -0.2) is 8.42 Å². The van der Waals surface area contributed by atoms with E-state index < -0.39 is 21.5 Å². The monoisotopic (exact) mass is 418 g/mol. The van der Waals surface area contributed by atoms with E-state index in [1.54, 1.807) is 12.2 Å². The van der Waals surface area contributed by atoms with Crippen molar-refractivity contribution in [3.63, 3.8) is 0 Å². The summed E-state index contributed by atoms with van der Waals surface area (Å²) in [7, 11) is -3.89. The molecule has 0 spiro atoms. The van der Waals surface area contributed by atoms with Gasteiger partial charge in [-0.15, -0.1) is 0 Å². The van der Waals surface area contributed by atoms with Crippen molar-refractivity contribution in [3.8, 4) is 0 Å².